The Bertz CT molecular complexity index is 924. The molecule has 1 heterocycles. The molecule has 2 aromatic rings. The lowest BCUT2D eigenvalue weighted by atomic mass is 10.1. The lowest BCUT2D eigenvalue weighted by Gasteiger charge is -2.16. The molecule has 1 atom stereocenters. The summed E-state index contributed by atoms with van der Waals surface area (Å²) in [6, 6.07) is 14.7. The second kappa shape index (κ2) is 7.29. The van der Waals surface area contributed by atoms with Gasteiger partial charge >= 0.3 is 5.97 Å². The number of benzene rings is 2. The van der Waals surface area contributed by atoms with Crippen molar-refractivity contribution in [3.05, 3.63) is 65.7 Å². The number of hydrogen-bond acceptors (Lipinski definition) is 4. The number of carbonyl (C=O) groups excluding carboxylic acids is 1. The standard InChI is InChI=1S/C19H19NO5S/c21-18(20-10-9-16(12-20)19(22)23)15-6-4-5-14(11-15)13-26(24,25)17-7-2-1-3-8-17/h1-8,11,16H,9-10,12-13H2,(H,22,23)/t16-/m1/s1. The van der Waals surface area contributed by atoms with Crippen molar-refractivity contribution >= 4 is 21.7 Å². The molecule has 1 aliphatic rings. The van der Waals surface area contributed by atoms with E-state index >= 15 is 0 Å². The molecule has 0 bridgehead atoms. The molecule has 1 amide bonds. The fourth-order valence-electron chi connectivity index (χ4n) is 3.05. The van der Waals surface area contributed by atoms with Crippen molar-refractivity contribution in [1.82, 2.24) is 4.90 Å². The van der Waals surface area contributed by atoms with E-state index in [0.29, 0.717) is 24.1 Å². The summed E-state index contributed by atoms with van der Waals surface area (Å²) in [5.41, 5.74) is 0.894. The first-order chi connectivity index (χ1) is 12.4. The minimum atomic E-state index is -3.50. The molecule has 0 spiro atoms. The first kappa shape index (κ1) is 18.1. The summed E-state index contributed by atoms with van der Waals surface area (Å²) in [4.78, 5) is 25.4. The van der Waals surface area contributed by atoms with Gasteiger partial charge in [-0.05, 0) is 36.2 Å². The van der Waals surface area contributed by atoms with Crippen molar-refractivity contribution in [2.75, 3.05) is 13.1 Å². The molecule has 2 aromatic carbocycles. The molecule has 1 aliphatic heterocycles. The third-order valence-corrected chi connectivity index (χ3v) is 6.16. The lowest BCUT2D eigenvalue weighted by Crippen LogP contribution is -2.30. The van der Waals surface area contributed by atoms with Crippen LogP contribution in [-0.2, 0) is 20.4 Å². The van der Waals surface area contributed by atoms with Crippen LogP contribution in [0.3, 0.4) is 0 Å². The molecule has 6 nitrogen and oxygen atoms in total. The van der Waals surface area contributed by atoms with Gasteiger partial charge in [-0.2, -0.15) is 0 Å². The van der Waals surface area contributed by atoms with Gasteiger partial charge in [0.1, 0.15) is 0 Å². The van der Waals surface area contributed by atoms with Gasteiger partial charge < -0.3 is 10.0 Å². The van der Waals surface area contributed by atoms with Crippen molar-refractivity contribution in [1.29, 1.82) is 0 Å². The quantitative estimate of drug-likeness (QED) is 0.868. The van der Waals surface area contributed by atoms with Gasteiger partial charge in [-0.1, -0.05) is 30.3 Å². The van der Waals surface area contributed by atoms with Gasteiger partial charge in [-0.15, -0.1) is 0 Å². The highest BCUT2D eigenvalue weighted by Crippen LogP contribution is 2.21. The molecule has 26 heavy (non-hydrogen) atoms. The van der Waals surface area contributed by atoms with Gasteiger partial charge in [-0.3, -0.25) is 9.59 Å². The van der Waals surface area contributed by atoms with Crippen LogP contribution < -0.4 is 0 Å². The van der Waals surface area contributed by atoms with Crippen LogP contribution >= 0.6 is 0 Å². The highest BCUT2D eigenvalue weighted by atomic mass is 32.2. The predicted octanol–water partition coefficient (Wildman–Crippen LogP) is 2.21. The number of sulfone groups is 1. The Morgan fingerprint density at radius 1 is 1.08 bits per heavy atom. The molecule has 0 radical (unpaired) electrons. The topological polar surface area (TPSA) is 91.8 Å². The van der Waals surface area contributed by atoms with Gasteiger partial charge in [0.05, 0.1) is 16.6 Å². The molecule has 1 saturated heterocycles. The van der Waals surface area contributed by atoms with Crippen LogP contribution in [0, 0.1) is 5.92 Å². The molecule has 7 heteroatoms. The SMILES string of the molecule is O=C(O)[C@@H]1CCN(C(=O)c2cccc(CS(=O)(=O)c3ccccc3)c2)C1. The number of aliphatic carboxylic acids is 1. The van der Waals surface area contributed by atoms with E-state index in [9.17, 15) is 18.0 Å². The van der Waals surface area contributed by atoms with Crippen molar-refractivity contribution < 1.29 is 23.1 Å². The van der Waals surface area contributed by atoms with E-state index in [1.807, 2.05) is 0 Å². The van der Waals surface area contributed by atoms with E-state index in [1.54, 1.807) is 54.6 Å². The number of carboxylic acids is 1. The first-order valence-electron chi connectivity index (χ1n) is 8.25. The normalized spacial score (nSPS) is 17.2. The molecule has 136 valence electrons. The fraction of sp³-hybridized carbons (Fsp3) is 0.263. The van der Waals surface area contributed by atoms with Crippen LogP contribution in [0.5, 0.6) is 0 Å². The average Bonchev–Trinajstić information content (AvgIpc) is 3.12. The fourth-order valence-corrected chi connectivity index (χ4v) is 4.41. The van der Waals surface area contributed by atoms with E-state index in [4.69, 9.17) is 5.11 Å². The number of hydrogen-bond donors (Lipinski definition) is 1. The van der Waals surface area contributed by atoms with Crippen molar-refractivity contribution in [2.45, 2.75) is 17.1 Å². The second-order valence-corrected chi connectivity index (χ2v) is 8.34. The summed E-state index contributed by atoms with van der Waals surface area (Å²) in [5.74, 6) is -1.91. The number of carboxylic acid groups (broad SMARTS) is 1. The highest BCUT2D eigenvalue weighted by molar-refractivity contribution is 7.90. The van der Waals surface area contributed by atoms with Crippen LogP contribution in [0.25, 0.3) is 0 Å². The van der Waals surface area contributed by atoms with Gasteiger partial charge in [0.15, 0.2) is 9.84 Å². The number of nitrogens with zero attached hydrogens (tertiary/aromatic N) is 1. The smallest absolute Gasteiger partial charge is 0.308 e. The summed E-state index contributed by atoms with van der Waals surface area (Å²) in [6.07, 6.45) is 0.434. The van der Waals surface area contributed by atoms with Gasteiger partial charge in [0.2, 0.25) is 0 Å². The lowest BCUT2D eigenvalue weighted by molar-refractivity contribution is -0.141. The average molecular weight is 373 g/mol. The van der Waals surface area contributed by atoms with Crippen LogP contribution in [0.2, 0.25) is 0 Å². The maximum absolute atomic E-state index is 12.6. The van der Waals surface area contributed by atoms with E-state index in [1.165, 1.54) is 4.90 Å². The van der Waals surface area contributed by atoms with Gasteiger partial charge in [0, 0.05) is 18.7 Å². The summed E-state index contributed by atoms with van der Waals surface area (Å²) in [7, 11) is -3.50. The largest absolute Gasteiger partial charge is 0.481 e. The molecular weight excluding hydrogens is 354 g/mol. The van der Waals surface area contributed by atoms with E-state index in [2.05, 4.69) is 0 Å². The maximum Gasteiger partial charge on any atom is 0.308 e. The zero-order chi connectivity index (χ0) is 18.7. The van der Waals surface area contributed by atoms with Gasteiger partial charge in [0.25, 0.3) is 5.91 Å². The molecule has 3 rings (SSSR count). The summed E-state index contributed by atoms with van der Waals surface area (Å²) >= 11 is 0. The monoisotopic (exact) mass is 373 g/mol. The first-order valence-corrected chi connectivity index (χ1v) is 9.91. The van der Waals surface area contributed by atoms with Crippen molar-refractivity contribution in [3.63, 3.8) is 0 Å². The Morgan fingerprint density at radius 3 is 2.46 bits per heavy atom. The summed E-state index contributed by atoms with van der Waals surface area (Å²) < 4.78 is 25.0. The molecule has 0 aliphatic carbocycles. The van der Waals surface area contributed by atoms with Crippen molar-refractivity contribution in [3.8, 4) is 0 Å². The molecule has 0 unspecified atom stereocenters. The zero-order valence-corrected chi connectivity index (χ0v) is 14.9. The third kappa shape index (κ3) is 3.94. The summed E-state index contributed by atoms with van der Waals surface area (Å²) in [6.45, 7) is 0.572. The minimum absolute atomic E-state index is 0.181. The molecule has 1 N–H and O–H groups in total. The van der Waals surface area contributed by atoms with Crippen LogP contribution in [0.4, 0.5) is 0 Å². The second-order valence-electron chi connectivity index (χ2n) is 6.35. The Kier molecular flexibility index (Phi) is 5.08. The highest BCUT2D eigenvalue weighted by Gasteiger charge is 2.31. The molecular formula is C19H19NO5S. The van der Waals surface area contributed by atoms with Crippen LogP contribution in [0.1, 0.15) is 22.3 Å². The Hall–Kier alpha value is -2.67. The molecule has 0 saturated carbocycles. The Balaban J connectivity index is 1.77. The predicted molar refractivity (Wildman–Crippen MR) is 95.4 cm³/mol. The van der Waals surface area contributed by atoms with E-state index in [0.717, 1.165) is 0 Å². The maximum atomic E-state index is 12.6. The number of likely N-dealkylation sites (tertiary alicyclic amines) is 1. The van der Waals surface area contributed by atoms with E-state index < -0.39 is 21.7 Å². The van der Waals surface area contributed by atoms with Crippen LogP contribution in [0.15, 0.2) is 59.5 Å². The van der Waals surface area contributed by atoms with Gasteiger partial charge in [-0.25, -0.2) is 8.42 Å². The summed E-state index contributed by atoms with van der Waals surface area (Å²) in [5, 5.41) is 9.06. The minimum Gasteiger partial charge on any atom is -0.481 e. The van der Waals surface area contributed by atoms with Crippen molar-refractivity contribution in [2.24, 2.45) is 5.92 Å². The van der Waals surface area contributed by atoms with E-state index in [-0.39, 0.29) is 23.1 Å². The third-order valence-electron chi connectivity index (χ3n) is 4.46. The Labute approximate surface area is 152 Å². The number of carbonyl (C=O) groups is 2. The zero-order valence-electron chi connectivity index (χ0n) is 14.0. The number of amides is 1. The molecule has 1 fully saturated rings. The molecule has 0 aromatic heterocycles. The van der Waals surface area contributed by atoms with Crippen LogP contribution in [-0.4, -0.2) is 43.4 Å². The Morgan fingerprint density at radius 2 is 1.81 bits per heavy atom. The number of rotatable bonds is 5.